The van der Waals surface area contributed by atoms with Gasteiger partial charge in [0.15, 0.2) is 0 Å². The van der Waals surface area contributed by atoms with Gasteiger partial charge in [0.1, 0.15) is 9.79 Å². The molecule has 8 heteroatoms. The predicted molar refractivity (Wildman–Crippen MR) is 106 cm³/mol. The zero-order valence-electron chi connectivity index (χ0n) is 15.8. The number of hydrogen-bond donors (Lipinski definition) is 2. The van der Waals surface area contributed by atoms with E-state index in [2.05, 4.69) is 0 Å². The van der Waals surface area contributed by atoms with E-state index in [1.54, 1.807) is 6.07 Å². The Balaban J connectivity index is 3.27. The molecular weight excluding hydrogens is 388 g/mol. The van der Waals surface area contributed by atoms with E-state index in [4.69, 9.17) is 0 Å². The van der Waals surface area contributed by atoms with Gasteiger partial charge in [0.25, 0.3) is 20.2 Å². The molecule has 2 N–H and O–H groups in total. The maximum absolute atomic E-state index is 12.2. The fraction of sp³-hybridized carbons (Fsp3) is 0.474. The second kappa shape index (κ2) is 8.26. The number of fused-ring (bicyclic) bond motifs is 1. The molecule has 0 saturated carbocycles. The fourth-order valence-electron chi connectivity index (χ4n) is 3.74. The summed E-state index contributed by atoms with van der Waals surface area (Å²) in [4.78, 5) is -1.40. The van der Waals surface area contributed by atoms with Crippen LogP contribution in [0.15, 0.2) is 28.0 Å². The molecule has 2 rings (SSSR count). The highest BCUT2D eigenvalue weighted by Gasteiger charge is 2.32. The minimum absolute atomic E-state index is 0.138. The van der Waals surface area contributed by atoms with Crippen LogP contribution in [-0.2, 0) is 39.5 Å². The Morgan fingerprint density at radius 1 is 0.741 bits per heavy atom. The molecule has 6 nitrogen and oxygen atoms in total. The molecular formula is C19H26O6S2. The largest absolute Gasteiger partial charge is 0.296 e. The highest BCUT2D eigenvalue weighted by atomic mass is 32.2. The first-order valence-electron chi connectivity index (χ1n) is 9.12. The van der Waals surface area contributed by atoms with Crippen molar-refractivity contribution in [2.75, 3.05) is 0 Å². The Kier molecular flexibility index (Phi) is 6.68. The van der Waals surface area contributed by atoms with Crippen molar-refractivity contribution in [2.45, 2.75) is 69.1 Å². The maximum Gasteiger partial charge on any atom is 0.296 e. The molecule has 2 aromatic carbocycles. The van der Waals surface area contributed by atoms with E-state index < -0.39 is 30.0 Å². The molecule has 0 atom stereocenters. The molecule has 0 fully saturated rings. The van der Waals surface area contributed by atoms with Crippen LogP contribution in [0.4, 0.5) is 0 Å². The summed E-state index contributed by atoms with van der Waals surface area (Å²) in [5, 5.41) is 0.809. The third-order valence-corrected chi connectivity index (χ3v) is 6.61. The molecule has 0 unspecified atom stereocenters. The van der Waals surface area contributed by atoms with E-state index in [1.165, 1.54) is 6.07 Å². The summed E-state index contributed by atoms with van der Waals surface area (Å²) in [5.74, 6) is 0. The van der Waals surface area contributed by atoms with E-state index >= 15 is 0 Å². The number of aryl methyl sites for hydroxylation is 2. The molecule has 27 heavy (non-hydrogen) atoms. The third-order valence-electron chi connectivity index (χ3n) is 4.58. The van der Waals surface area contributed by atoms with Crippen molar-refractivity contribution in [1.29, 1.82) is 0 Å². The van der Waals surface area contributed by atoms with Crippen molar-refractivity contribution in [3.8, 4) is 0 Å². The van der Waals surface area contributed by atoms with E-state index in [1.807, 2.05) is 26.8 Å². The van der Waals surface area contributed by atoms with Crippen molar-refractivity contribution in [3.63, 3.8) is 0 Å². The number of rotatable bonds is 8. The Bertz CT molecular complexity index is 1050. The van der Waals surface area contributed by atoms with Crippen LogP contribution < -0.4 is 0 Å². The summed E-state index contributed by atoms with van der Waals surface area (Å²) in [6.45, 7) is 5.80. The predicted octanol–water partition coefficient (Wildman–Crippen LogP) is 4.19. The van der Waals surface area contributed by atoms with Gasteiger partial charge in [-0.2, -0.15) is 16.8 Å². The van der Waals surface area contributed by atoms with Gasteiger partial charge in [-0.3, -0.25) is 9.11 Å². The molecule has 0 aliphatic rings. The van der Waals surface area contributed by atoms with Crippen LogP contribution in [0.2, 0.25) is 0 Å². The minimum Gasteiger partial charge on any atom is -0.282 e. The molecule has 150 valence electrons. The van der Waals surface area contributed by atoms with Crippen molar-refractivity contribution in [2.24, 2.45) is 0 Å². The fourth-order valence-corrected chi connectivity index (χ4v) is 6.06. The van der Waals surface area contributed by atoms with E-state index in [0.29, 0.717) is 24.6 Å². The molecule has 0 bridgehead atoms. The maximum atomic E-state index is 12.2. The van der Waals surface area contributed by atoms with Gasteiger partial charge in [0.05, 0.1) is 0 Å². The van der Waals surface area contributed by atoms with Crippen molar-refractivity contribution in [3.05, 3.63) is 34.9 Å². The number of hydrogen-bond acceptors (Lipinski definition) is 4. The third kappa shape index (κ3) is 4.34. The summed E-state index contributed by atoms with van der Waals surface area (Å²) in [6.07, 6.45) is 3.63. The highest BCUT2D eigenvalue weighted by Crippen LogP contribution is 2.39. The smallest absolute Gasteiger partial charge is 0.282 e. The Morgan fingerprint density at radius 3 is 1.74 bits per heavy atom. The normalized spacial score (nSPS) is 12.6. The van der Waals surface area contributed by atoms with Gasteiger partial charge < -0.3 is 0 Å². The van der Waals surface area contributed by atoms with Crippen LogP contribution >= 0.6 is 0 Å². The van der Waals surface area contributed by atoms with Gasteiger partial charge in [-0.05, 0) is 41.3 Å². The van der Waals surface area contributed by atoms with Crippen LogP contribution in [-0.4, -0.2) is 25.9 Å². The van der Waals surface area contributed by atoms with Crippen LogP contribution in [0.5, 0.6) is 0 Å². The molecule has 2 aromatic rings. The first-order valence-corrected chi connectivity index (χ1v) is 12.0. The second-order valence-electron chi connectivity index (χ2n) is 6.66. The SMILES string of the molecule is CCCc1c(S(=O)(=O)O)c(S(=O)(=O)O)c2cccc(CCC)c2c1CCC. The van der Waals surface area contributed by atoms with Crippen molar-refractivity contribution < 1.29 is 25.9 Å². The Hall–Kier alpha value is -1.48. The van der Waals surface area contributed by atoms with E-state index in [9.17, 15) is 25.9 Å². The van der Waals surface area contributed by atoms with Crippen LogP contribution in [0.3, 0.4) is 0 Å². The topological polar surface area (TPSA) is 109 Å². The van der Waals surface area contributed by atoms with Gasteiger partial charge >= 0.3 is 0 Å². The summed E-state index contributed by atoms with van der Waals surface area (Å²) in [7, 11) is -9.75. The second-order valence-corrected chi connectivity index (χ2v) is 9.37. The first-order chi connectivity index (χ1) is 12.6. The lowest BCUT2D eigenvalue weighted by Crippen LogP contribution is -2.15. The van der Waals surface area contributed by atoms with Gasteiger partial charge in [-0.1, -0.05) is 58.2 Å². The van der Waals surface area contributed by atoms with Gasteiger partial charge in [0.2, 0.25) is 0 Å². The average molecular weight is 415 g/mol. The van der Waals surface area contributed by atoms with Crippen LogP contribution in [0.25, 0.3) is 10.8 Å². The summed E-state index contributed by atoms with van der Waals surface area (Å²) in [6, 6.07) is 5.02. The number of benzene rings is 2. The highest BCUT2D eigenvalue weighted by molar-refractivity contribution is 7.89. The molecule has 0 aliphatic heterocycles. The lowest BCUT2D eigenvalue weighted by molar-refractivity contribution is 0.466. The standard InChI is InChI=1S/C19H26O6S2/c1-4-8-13-11-7-12-16-17(13)14(9-5-2)15(10-6-3)18(26(20,21)22)19(16)27(23,24)25/h7,11-12H,4-6,8-10H2,1-3H3,(H,20,21,22)(H,23,24,25). The summed E-state index contributed by atoms with van der Waals surface area (Å²) in [5.41, 5.74) is 1.92. The Morgan fingerprint density at radius 2 is 1.26 bits per heavy atom. The van der Waals surface area contributed by atoms with Crippen LogP contribution in [0.1, 0.15) is 56.7 Å². The van der Waals surface area contributed by atoms with Gasteiger partial charge in [0, 0.05) is 5.39 Å². The van der Waals surface area contributed by atoms with Crippen LogP contribution in [0, 0.1) is 0 Å². The van der Waals surface area contributed by atoms with E-state index in [-0.39, 0.29) is 17.4 Å². The zero-order valence-corrected chi connectivity index (χ0v) is 17.5. The molecule has 0 heterocycles. The van der Waals surface area contributed by atoms with Crippen molar-refractivity contribution in [1.82, 2.24) is 0 Å². The van der Waals surface area contributed by atoms with E-state index in [0.717, 1.165) is 24.0 Å². The molecule has 0 amide bonds. The average Bonchev–Trinajstić information content (AvgIpc) is 2.54. The van der Waals surface area contributed by atoms with Gasteiger partial charge in [-0.15, -0.1) is 0 Å². The monoisotopic (exact) mass is 414 g/mol. The quantitative estimate of drug-likeness (QED) is 0.627. The molecule has 0 aromatic heterocycles. The summed E-state index contributed by atoms with van der Waals surface area (Å²) < 4.78 is 68.5. The minimum atomic E-state index is -4.89. The zero-order chi connectivity index (χ0) is 20.4. The lowest BCUT2D eigenvalue weighted by Gasteiger charge is -2.21. The molecule has 0 aliphatic carbocycles. The Labute approximate surface area is 161 Å². The van der Waals surface area contributed by atoms with Crippen molar-refractivity contribution >= 4 is 31.0 Å². The first kappa shape index (κ1) is 21.8. The molecule has 0 saturated heterocycles. The molecule has 0 radical (unpaired) electrons. The lowest BCUT2D eigenvalue weighted by atomic mass is 9.89. The van der Waals surface area contributed by atoms with Gasteiger partial charge in [-0.25, -0.2) is 0 Å². The summed E-state index contributed by atoms with van der Waals surface area (Å²) >= 11 is 0. The molecule has 0 spiro atoms.